The molecular formula is C16H11N3OS. The van der Waals surface area contributed by atoms with Gasteiger partial charge < -0.3 is 0 Å². The molecule has 0 unspecified atom stereocenters. The molecule has 0 radical (unpaired) electrons. The van der Waals surface area contributed by atoms with Crippen LogP contribution in [0.3, 0.4) is 0 Å². The third-order valence-electron chi connectivity index (χ3n) is 3.36. The van der Waals surface area contributed by atoms with Gasteiger partial charge in [-0.1, -0.05) is 12.1 Å². The summed E-state index contributed by atoms with van der Waals surface area (Å²) < 4.78 is 2.68. The molecule has 4 nitrogen and oxygen atoms in total. The van der Waals surface area contributed by atoms with Crippen LogP contribution in [0.4, 0.5) is 0 Å². The van der Waals surface area contributed by atoms with Crippen LogP contribution in [0, 0.1) is 6.92 Å². The lowest BCUT2D eigenvalue weighted by molar-refractivity contribution is 1.05. The Kier molecular flexibility index (Phi) is 2.62. The summed E-state index contributed by atoms with van der Waals surface area (Å²) in [6.07, 6.45) is 1.72. The molecule has 0 aliphatic carbocycles. The van der Waals surface area contributed by atoms with Gasteiger partial charge in [-0.2, -0.15) is 0 Å². The number of rotatable bonds is 1. The van der Waals surface area contributed by atoms with Gasteiger partial charge in [-0.3, -0.25) is 9.20 Å². The fourth-order valence-electron chi connectivity index (χ4n) is 2.40. The minimum atomic E-state index is -0.0786. The molecule has 4 aromatic rings. The van der Waals surface area contributed by atoms with Crippen molar-refractivity contribution >= 4 is 27.2 Å². The van der Waals surface area contributed by atoms with Gasteiger partial charge in [0.2, 0.25) is 0 Å². The molecule has 0 atom stereocenters. The Morgan fingerprint density at radius 1 is 1.10 bits per heavy atom. The molecule has 0 saturated carbocycles. The summed E-state index contributed by atoms with van der Waals surface area (Å²) in [7, 11) is 0. The van der Waals surface area contributed by atoms with Gasteiger partial charge in [0.1, 0.15) is 5.65 Å². The van der Waals surface area contributed by atoms with Gasteiger partial charge in [-0.15, -0.1) is 11.3 Å². The molecule has 0 aliphatic rings. The van der Waals surface area contributed by atoms with Crippen molar-refractivity contribution < 1.29 is 0 Å². The monoisotopic (exact) mass is 293 g/mol. The van der Waals surface area contributed by atoms with Crippen molar-refractivity contribution in [2.45, 2.75) is 6.92 Å². The predicted molar refractivity (Wildman–Crippen MR) is 84.8 cm³/mol. The summed E-state index contributed by atoms with van der Waals surface area (Å²) in [5.74, 6) is 0. The summed E-state index contributed by atoms with van der Waals surface area (Å²) in [4.78, 5) is 21.2. The molecule has 0 aliphatic heterocycles. The average molecular weight is 293 g/mol. The van der Waals surface area contributed by atoms with E-state index in [9.17, 15) is 4.79 Å². The van der Waals surface area contributed by atoms with Crippen LogP contribution in [0.5, 0.6) is 0 Å². The first-order valence-electron chi connectivity index (χ1n) is 6.57. The minimum absolute atomic E-state index is 0.0786. The van der Waals surface area contributed by atoms with Gasteiger partial charge >= 0.3 is 0 Å². The van der Waals surface area contributed by atoms with E-state index < -0.39 is 0 Å². The van der Waals surface area contributed by atoms with Crippen LogP contribution in [0.15, 0.2) is 53.5 Å². The van der Waals surface area contributed by atoms with E-state index in [4.69, 9.17) is 0 Å². The van der Waals surface area contributed by atoms with Crippen molar-refractivity contribution in [2.24, 2.45) is 0 Å². The minimum Gasteiger partial charge on any atom is -0.269 e. The predicted octanol–water partition coefficient (Wildman–Crippen LogP) is 3.28. The SMILES string of the molecule is Cc1nc2cc(-c3cc(=O)n4ccccc4n3)ccc2s1. The Bertz CT molecular complexity index is 1030. The fourth-order valence-corrected chi connectivity index (χ4v) is 3.21. The van der Waals surface area contributed by atoms with E-state index in [2.05, 4.69) is 9.97 Å². The molecule has 5 heteroatoms. The zero-order chi connectivity index (χ0) is 14.4. The molecule has 102 valence electrons. The van der Waals surface area contributed by atoms with Crippen molar-refractivity contribution in [3.63, 3.8) is 0 Å². The fraction of sp³-hybridized carbons (Fsp3) is 0.0625. The molecule has 0 spiro atoms. The topological polar surface area (TPSA) is 47.3 Å². The Balaban J connectivity index is 1.97. The van der Waals surface area contributed by atoms with E-state index in [0.29, 0.717) is 11.3 Å². The lowest BCUT2D eigenvalue weighted by Gasteiger charge is -2.04. The summed E-state index contributed by atoms with van der Waals surface area (Å²) >= 11 is 1.66. The van der Waals surface area contributed by atoms with E-state index in [1.807, 2.05) is 43.3 Å². The Morgan fingerprint density at radius 2 is 2.00 bits per heavy atom. The Hall–Kier alpha value is -2.53. The van der Waals surface area contributed by atoms with Crippen molar-refractivity contribution in [3.8, 4) is 11.3 Å². The average Bonchev–Trinajstić information content (AvgIpc) is 2.86. The lowest BCUT2D eigenvalue weighted by atomic mass is 10.1. The number of fused-ring (bicyclic) bond motifs is 2. The van der Waals surface area contributed by atoms with E-state index in [0.717, 1.165) is 20.8 Å². The van der Waals surface area contributed by atoms with Gasteiger partial charge in [0.05, 0.1) is 20.9 Å². The highest BCUT2D eigenvalue weighted by Gasteiger charge is 2.07. The van der Waals surface area contributed by atoms with Crippen LogP contribution >= 0.6 is 11.3 Å². The van der Waals surface area contributed by atoms with Crippen molar-refractivity contribution in [1.82, 2.24) is 14.4 Å². The summed E-state index contributed by atoms with van der Waals surface area (Å²) in [5.41, 5.74) is 3.11. The summed E-state index contributed by atoms with van der Waals surface area (Å²) in [6, 6.07) is 13.1. The van der Waals surface area contributed by atoms with Gasteiger partial charge in [0.15, 0.2) is 0 Å². The molecule has 0 saturated heterocycles. The van der Waals surface area contributed by atoms with E-state index in [-0.39, 0.29) is 5.56 Å². The number of nitrogens with zero attached hydrogens (tertiary/aromatic N) is 3. The number of aryl methyl sites for hydroxylation is 1. The highest BCUT2D eigenvalue weighted by Crippen LogP contribution is 2.26. The lowest BCUT2D eigenvalue weighted by Crippen LogP contribution is -2.13. The maximum Gasteiger partial charge on any atom is 0.258 e. The third kappa shape index (κ3) is 2.02. The number of benzene rings is 1. The largest absolute Gasteiger partial charge is 0.269 e. The maximum absolute atomic E-state index is 12.1. The van der Waals surface area contributed by atoms with Crippen molar-refractivity contribution in [3.05, 3.63) is 64.0 Å². The van der Waals surface area contributed by atoms with Crippen LogP contribution < -0.4 is 5.56 Å². The van der Waals surface area contributed by atoms with E-state index in [1.54, 1.807) is 23.6 Å². The van der Waals surface area contributed by atoms with Crippen LogP contribution in [0.1, 0.15) is 5.01 Å². The number of hydrogen-bond acceptors (Lipinski definition) is 4. The number of aromatic nitrogens is 3. The van der Waals surface area contributed by atoms with Crippen LogP contribution in [-0.2, 0) is 0 Å². The van der Waals surface area contributed by atoms with Crippen LogP contribution in [0.2, 0.25) is 0 Å². The highest BCUT2D eigenvalue weighted by molar-refractivity contribution is 7.18. The Morgan fingerprint density at radius 3 is 2.90 bits per heavy atom. The zero-order valence-corrected chi connectivity index (χ0v) is 12.1. The van der Waals surface area contributed by atoms with Gasteiger partial charge in [-0.05, 0) is 31.2 Å². The molecule has 0 N–H and O–H groups in total. The van der Waals surface area contributed by atoms with Gasteiger partial charge in [0, 0.05) is 17.8 Å². The van der Waals surface area contributed by atoms with Crippen LogP contribution in [0.25, 0.3) is 27.1 Å². The second kappa shape index (κ2) is 4.49. The van der Waals surface area contributed by atoms with Crippen molar-refractivity contribution in [1.29, 1.82) is 0 Å². The normalized spacial score (nSPS) is 11.3. The maximum atomic E-state index is 12.1. The molecular weight excluding hydrogens is 282 g/mol. The van der Waals surface area contributed by atoms with Crippen LogP contribution in [-0.4, -0.2) is 14.4 Å². The molecule has 4 rings (SSSR count). The number of pyridine rings is 1. The molecule has 1 aromatic carbocycles. The van der Waals surface area contributed by atoms with E-state index in [1.165, 1.54) is 4.40 Å². The first kappa shape index (κ1) is 12.2. The molecule has 3 heterocycles. The molecule has 3 aromatic heterocycles. The smallest absolute Gasteiger partial charge is 0.258 e. The number of hydrogen-bond donors (Lipinski definition) is 0. The zero-order valence-electron chi connectivity index (χ0n) is 11.3. The van der Waals surface area contributed by atoms with Gasteiger partial charge in [0.25, 0.3) is 5.56 Å². The molecule has 0 amide bonds. The van der Waals surface area contributed by atoms with E-state index >= 15 is 0 Å². The van der Waals surface area contributed by atoms with Gasteiger partial charge in [-0.25, -0.2) is 9.97 Å². The second-order valence-electron chi connectivity index (χ2n) is 4.82. The quantitative estimate of drug-likeness (QED) is 0.541. The summed E-state index contributed by atoms with van der Waals surface area (Å²) in [6.45, 7) is 1.99. The number of thiazole rings is 1. The Labute approximate surface area is 124 Å². The highest BCUT2D eigenvalue weighted by atomic mass is 32.1. The summed E-state index contributed by atoms with van der Waals surface area (Å²) in [5, 5.41) is 1.04. The first-order valence-corrected chi connectivity index (χ1v) is 7.38. The first-order chi connectivity index (χ1) is 10.2. The molecule has 0 bridgehead atoms. The second-order valence-corrected chi connectivity index (χ2v) is 6.06. The van der Waals surface area contributed by atoms with Crippen molar-refractivity contribution in [2.75, 3.05) is 0 Å². The third-order valence-corrected chi connectivity index (χ3v) is 4.31. The molecule has 0 fully saturated rings. The molecule has 21 heavy (non-hydrogen) atoms. The standard InChI is InChI=1S/C16H11N3OS/c1-10-17-13-8-11(5-6-14(13)21-10)12-9-16(20)19-7-3-2-4-15(19)18-12/h2-9H,1H3.